The van der Waals surface area contributed by atoms with Crippen LogP contribution in [0.3, 0.4) is 0 Å². The van der Waals surface area contributed by atoms with Gasteiger partial charge in [0.05, 0.1) is 18.2 Å². The van der Waals surface area contributed by atoms with Crippen molar-refractivity contribution in [2.75, 3.05) is 20.4 Å². The molecule has 4 aromatic rings. The predicted octanol–water partition coefficient (Wildman–Crippen LogP) is 5.26. The van der Waals surface area contributed by atoms with Gasteiger partial charge in [0.25, 0.3) is 0 Å². The van der Waals surface area contributed by atoms with E-state index < -0.39 is 0 Å². The Labute approximate surface area is 201 Å². The summed E-state index contributed by atoms with van der Waals surface area (Å²) in [6.45, 7) is 2.11. The molecule has 7 heteroatoms. The van der Waals surface area contributed by atoms with E-state index in [9.17, 15) is 4.79 Å². The van der Waals surface area contributed by atoms with Crippen molar-refractivity contribution in [3.63, 3.8) is 0 Å². The SMILES string of the molecule is COc1ccc2c(c1)c(/C=C1\Oc3c(ccc4c3CN(CCc3cccs3)CO4)C1=O)cn2C. The molecule has 0 radical (unpaired) electrons. The van der Waals surface area contributed by atoms with Gasteiger partial charge in [-0.15, -0.1) is 11.3 Å². The van der Waals surface area contributed by atoms with E-state index in [0.717, 1.165) is 46.5 Å². The Morgan fingerprint density at radius 2 is 2.12 bits per heavy atom. The van der Waals surface area contributed by atoms with Gasteiger partial charge in [0.15, 0.2) is 5.76 Å². The van der Waals surface area contributed by atoms with Gasteiger partial charge in [-0.2, -0.15) is 0 Å². The maximum absolute atomic E-state index is 13.2. The number of carbonyl (C=O) groups excluding carboxylic acids is 1. The third-order valence-corrected chi connectivity index (χ3v) is 7.39. The lowest BCUT2D eigenvalue weighted by Crippen LogP contribution is -2.33. The number of rotatable bonds is 5. The Morgan fingerprint density at radius 3 is 2.94 bits per heavy atom. The van der Waals surface area contributed by atoms with Gasteiger partial charge >= 0.3 is 0 Å². The van der Waals surface area contributed by atoms with E-state index in [1.807, 2.05) is 54.2 Å². The fourth-order valence-electron chi connectivity index (χ4n) is 4.66. The van der Waals surface area contributed by atoms with Crippen LogP contribution in [0.5, 0.6) is 17.2 Å². The first-order valence-corrected chi connectivity index (χ1v) is 12.1. The number of hydrogen-bond acceptors (Lipinski definition) is 6. The second-order valence-electron chi connectivity index (χ2n) is 8.59. The lowest BCUT2D eigenvalue weighted by molar-refractivity contribution is 0.0951. The van der Waals surface area contributed by atoms with Gasteiger partial charge < -0.3 is 18.8 Å². The highest BCUT2D eigenvalue weighted by atomic mass is 32.1. The predicted molar refractivity (Wildman–Crippen MR) is 133 cm³/mol. The molecule has 2 aromatic heterocycles. The number of aryl methyl sites for hydroxylation is 1. The Morgan fingerprint density at radius 1 is 1.21 bits per heavy atom. The van der Waals surface area contributed by atoms with Crippen molar-refractivity contribution in [3.8, 4) is 17.2 Å². The first-order chi connectivity index (χ1) is 16.6. The second kappa shape index (κ2) is 8.34. The van der Waals surface area contributed by atoms with E-state index in [2.05, 4.69) is 22.4 Å². The summed E-state index contributed by atoms with van der Waals surface area (Å²) in [4.78, 5) is 16.8. The van der Waals surface area contributed by atoms with Crippen LogP contribution in [-0.2, 0) is 20.0 Å². The zero-order valence-electron chi connectivity index (χ0n) is 19.0. The maximum Gasteiger partial charge on any atom is 0.231 e. The summed E-state index contributed by atoms with van der Waals surface area (Å²) < 4.78 is 19.6. The van der Waals surface area contributed by atoms with E-state index >= 15 is 0 Å². The number of hydrogen-bond donors (Lipinski definition) is 0. The van der Waals surface area contributed by atoms with E-state index in [0.29, 0.717) is 30.3 Å². The fourth-order valence-corrected chi connectivity index (χ4v) is 5.35. The Bertz CT molecular complexity index is 1430. The van der Waals surface area contributed by atoms with E-state index in [4.69, 9.17) is 14.2 Å². The van der Waals surface area contributed by atoms with Gasteiger partial charge in [-0.3, -0.25) is 9.69 Å². The van der Waals surface area contributed by atoms with Crippen molar-refractivity contribution in [1.82, 2.24) is 9.47 Å². The van der Waals surface area contributed by atoms with Crippen LogP contribution in [0.25, 0.3) is 17.0 Å². The van der Waals surface area contributed by atoms with Crippen LogP contribution in [0.15, 0.2) is 59.8 Å². The number of nitrogens with zero attached hydrogens (tertiary/aromatic N) is 2. The summed E-state index contributed by atoms with van der Waals surface area (Å²) in [5.41, 5.74) is 3.50. The van der Waals surface area contributed by atoms with Crippen molar-refractivity contribution < 1.29 is 19.0 Å². The number of thiophene rings is 1. The maximum atomic E-state index is 13.2. The molecule has 0 unspecified atom stereocenters. The molecule has 2 aliphatic heterocycles. The number of Topliss-reactive ketones (excluding diaryl/α,β-unsaturated/α-hetero) is 1. The molecule has 6 rings (SSSR count). The third-order valence-electron chi connectivity index (χ3n) is 6.45. The third kappa shape index (κ3) is 3.57. The summed E-state index contributed by atoms with van der Waals surface area (Å²) in [6, 6.07) is 13.9. The quantitative estimate of drug-likeness (QED) is 0.371. The van der Waals surface area contributed by atoms with Crippen LogP contribution in [0.1, 0.15) is 26.4 Å². The molecular weight excluding hydrogens is 448 g/mol. The second-order valence-corrected chi connectivity index (χ2v) is 9.62. The van der Waals surface area contributed by atoms with Crippen LogP contribution >= 0.6 is 11.3 Å². The molecular formula is C27H24N2O4S. The molecule has 0 amide bonds. The average molecular weight is 473 g/mol. The van der Waals surface area contributed by atoms with Crippen molar-refractivity contribution in [1.29, 1.82) is 0 Å². The molecule has 0 aliphatic carbocycles. The molecule has 0 bridgehead atoms. The average Bonchev–Trinajstić information content (AvgIpc) is 3.57. The van der Waals surface area contributed by atoms with Gasteiger partial charge in [-0.1, -0.05) is 6.07 Å². The first-order valence-electron chi connectivity index (χ1n) is 11.2. The van der Waals surface area contributed by atoms with Gasteiger partial charge in [-0.05, 0) is 54.3 Å². The Balaban J connectivity index is 1.30. The highest BCUT2D eigenvalue weighted by Gasteiger charge is 2.33. The van der Waals surface area contributed by atoms with Gasteiger partial charge in [0, 0.05) is 47.7 Å². The minimum Gasteiger partial charge on any atom is -0.497 e. The molecule has 0 atom stereocenters. The highest BCUT2D eigenvalue weighted by Crippen LogP contribution is 2.42. The van der Waals surface area contributed by atoms with Crippen molar-refractivity contribution in [3.05, 3.63) is 81.4 Å². The molecule has 0 spiro atoms. The molecule has 172 valence electrons. The number of ether oxygens (including phenoxy) is 3. The molecule has 6 nitrogen and oxygen atoms in total. The summed E-state index contributed by atoms with van der Waals surface area (Å²) in [6.07, 6.45) is 4.80. The zero-order valence-corrected chi connectivity index (χ0v) is 19.9. The number of aromatic nitrogens is 1. The van der Waals surface area contributed by atoms with Crippen molar-refractivity contribution >= 4 is 34.1 Å². The van der Waals surface area contributed by atoms with Gasteiger partial charge in [0.1, 0.15) is 24.0 Å². The number of methoxy groups -OCH3 is 1. The first kappa shape index (κ1) is 21.0. The Hall–Kier alpha value is -3.55. The standard InChI is InChI=1S/C27H24N2O4S/c1-28-14-17(21-13-18(31-2)5-7-23(21)28)12-25-26(30)20-6-8-24-22(27(20)33-25)15-29(16-32-24)10-9-19-4-3-11-34-19/h3-8,11-14H,9-10,15-16H2,1-2H3/b25-12-. The lowest BCUT2D eigenvalue weighted by Gasteiger charge is -2.29. The number of benzene rings is 2. The van der Waals surface area contributed by atoms with Crippen LogP contribution in [-0.4, -0.2) is 35.6 Å². The topological polar surface area (TPSA) is 52.9 Å². The lowest BCUT2D eigenvalue weighted by atomic mass is 10.0. The van der Waals surface area contributed by atoms with E-state index in [-0.39, 0.29) is 5.78 Å². The summed E-state index contributed by atoms with van der Waals surface area (Å²) >= 11 is 1.77. The minimum absolute atomic E-state index is 0.103. The van der Waals surface area contributed by atoms with Crippen molar-refractivity contribution in [2.45, 2.75) is 13.0 Å². The van der Waals surface area contributed by atoms with Gasteiger partial charge in [-0.25, -0.2) is 0 Å². The van der Waals surface area contributed by atoms with Crippen LogP contribution in [0.4, 0.5) is 0 Å². The number of ketones is 1. The monoisotopic (exact) mass is 472 g/mol. The normalized spacial score (nSPS) is 16.4. The number of allylic oxidation sites excluding steroid dienone is 1. The highest BCUT2D eigenvalue weighted by molar-refractivity contribution is 7.09. The fraction of sp³-hybridized carbons (Fsp3) is 0.222. The molecule has 0 saturated heterocycles. The largest absolute Gasteiger partial charge is 0.497 e. The smallest absolute Gasteiger partial charge is 0.231 e. The van der Waals surface area contributed by atoms with Crippen LogP contribution in [0, 0.1) is 0 Å². The zero-order chi connectivity index (χ0) is 23.2. The van der Waals surface area contributed by atoms with Crippen LogP contribution < -0.4 is 14.2 Å². The number of carbonyl (C=O) groups is 1. The molecule has 2 aliphatic rings. The molecule has 0 fully saturated rings. The van der Waals surface area contributed by atoms with Crippen LogP contribution in [0.2, 0.25) is 0 Å². The summed E-state index contributed by atoms with van der Waals surface area (Å²) in [5.74, 6) is 2.40. The molecule has 0 N–H and O–H groups in total. The summed E-state index contributed by atoms with van der Waals surface area (Å²) in [7, 11) is 3.64. The Kier molecular flexibility index (Phi) is 5.16. The van der Waals surface area contributed by atoms with E-state index in [1.54, 1.807) is 18.4 Å². The number of fused-ring (bicyclic) bond motifs is 4. The molecule has 34 heavy (non-hydrogen) atoms. The minimum atomic E-state index is -0.103. The van der Waals surface area contributed by atoms with E-state index in [1.165, 1.54) is 4.88 Å². The van der Waals surface area contributed by atoms with Crippen molar-refractivity contribution in [2.24, 2.45) is 7.05 Å². The molecule has 2 aromatic carbocycles. The van der Waals surface area contributed by atoms with Gasteiger partial charge in [0.2, 0.25) is 5.78 Å². The molecule has 0 saturated carbocycles. The summed E-state index contributed by atoms with van der Waals surface area (Å²) in [5, 5.41) is 3.11. The molecule has 4 heterocycles.